The maximum absolute atomic E-state index is 12.3. The van der Waals surface area contributed by atoms with Gasteiger partial charge in [-0.2, -0.15) is 0 Å². The summed E-state index contributed by atoms with van der Waals surface area (Å²) in [6.45, 7) is 6.97. The van der Waals surface area contributed by atoms with E-state index < -0.39 is 0 Å². The van der Waals surface area contributed by atoms with Gasteiger partial charge in [-0.1, -0.05) is 37.0 Å². The highest BCUT2D eigenvalue weighted by atomic mass is 35.5. The fraction of sp³-hybridized carbons (Fsp3) is 0.562. The molecule has 0 bridgehead atoms. The highest BCUT2D eigenvalue weighted by Gasteiger charge is 2.23. The van der Waals surface area contributed by atoms with E-state index in [-0.39, 0.29) is 5.78 Å². The Morgan fingerprint density at radius 3 is 2.55 bits per heavy atom. The van der Waals surface area contributed by atoms with E-state index >= 15 is 0 Å². The van der Waals surface area contributed by atoms with Crippen molar-refractivity contribution in [3.05, 3.63) is 33.8 Å². The number of carbonyl (C=O) groups is 1. The predicted octanol–water partition coefficient (Wildman–Crippen LogP) is 4.54. The Hall–Kier alpha value is -0.570. The Bertz CT molecular complexity index is 479. The van der Waals surface area contributed by atoms with E-state index in [1.54, 1.807) is 18.2 Å². The molecular formula is C16H21Cl2NO. The van der Waals surface area contributed by atoms with Crippen molar-refractivity contribution < 1.29 is 4.79 Å². The smallest absolute Gasteiger partial charge is 0.178 e. The van der Waals surface area contributed by atoms with Crippen molar-refractivity contribution in [3.63, 3.8) is 0 Å². The van der Waals surface area contributed by atoms with Crippen molar-refractivity contribution in [2.75, 3.05) is 19.6 Å². The van der Waals surface area contributed by atoms with Gasteiger partial charge in [-0.15, -0.1) is 0 Å². The molecule has 1 aliphatic heterocycles. The molecule has 0 aromatic heterocycles. The summed E-state index contributed by atoms with van der Waals surface area (Å²) in [7, 11) is 0. The van der Waals surface area contributed by atoms with Crippen LogP contribution >= 0.6 is 23.2 Å². The summed E-state index contributed by atoms with van der Waals surface area (Å²) in [4.78, 5) is 14.5. The molecule has 1 fully saturated rings. The minimum atomic E-state index is 0.0560. The third-order valence-electron chi connectivity index (χ3n) is 4.17. The molecule has 0 saturated carbocycles. The molecule has 110 valence electrons. The molecule has 0 radical (unpaired) electrons. The van der Waals surface area contributed by atoms with Gasteiger partial charge in [0.1, 0.15) is 0 Å². The summed E-state index contributed by atoms with van der Waals surface area (Å²) < 4.78 is 0. The first-order valence-electron chi connectivity index (χ1n) is 7.18. The van der Waals surface area contributed by atoms with Gasteiger partial charge in [-0.3, -0.25) is 9.69 Å². The van der Waals surface area contributed by atoms with Gasteiger partial charge in [0.25, 0.3) is 0 Å². The lowest BCUT2D eigenvalue weighted by atomic mass is 9.86. The number of rotatable bonds is 4. The lowest BCUT2D eigenvalue weighted by Gasteiger charge is -2.33. The molecule has 4 heteroatoms. The number of likely N-dealkylation sites (tertiary alicyclic amines) is 1. The number of hydrogen-bond donors (Lipinski definition) is 0. The van der Waals surface area contributed by atoms with Crippen LogP contribution in [0.5, 0.6) is 0 Å². The summed E-state index contributed by atoms with van der Waals surface area (Å²) in [6, 6.07) is 5.05. The molecule has 1 aromatic rings. The molecule has 1 heterocycles. The molecule has 0 spiro atoms. The van der Waals surface area contributed by atoms with E-state index in [1.807, 2.05) is 0 Å². The molecule has 0 amide bonds. The van der Waals surface area contributed by atoms with Gasteiger partial charge in [0.15, 0.2) is 5.78 Å². The Morgan fingerprint density at radius 1 is 1.30 bits per heavy atom. The highest BCUT2D eigenvalue weighted by Crippen LogP contribution is 2.25. The van der Waals surface area contributed by atoms with Gasteiger partial charge in [0, 0.05) is 10.6 Å². The third kappa shape index (κ3) is 3.97. The minimum Gasteiger partial charge on any atom is -0.296 e. The van der Waals surface area contributed by atoms with E-state index in [4.69, 9.17) is 23.2 Å². The lowest BCUT2D eigenvalue weighted by Crippen LogP contribution is -2.38. The van der Waals surface area contributed by atoms with Gasteiger partial charge in [-0.25, -0.2) is 0 Å². The van der Waals surface area contributed by atoms with E-state index in [0.29, 0.717) is 22.2 Å². The standard InChI is InChI=1S/C16H21Cl2NO/c1-11(2)12-5-7-19(8-6-12)10-16(20)14-9-13(17)3-4-15(14)18/h3-4,9,11-12H,5-8,10H2,1-2H3. The summed E-state index contributed by atoms with van der Waals surface area (Å²) in [6.07, 6.45) is 2.35. The summed E-state index contributed by atoms with van der Waals surface area (Å²) in [5.74, 6) is 1.58. The minimum absolute atomic E-state index is 0.0560. The molecule has 0 N–H and O–H groups in total. The first kappa shape index (κ1) is 15.8. The van der Waals surface area contributed by atoms with Crippen LogP contribution in [0.25, 0.3) is 0 Å². The molecule has 0 atom stereocenters. The van der Waals surface area contributed by atoms with Crippen LogP contribution in [0.15, 0.2) is 18.2 Å². The zero-order chi connectivity index (χ0) is 14.7. The summed E-state index contributed by atoms with van der Waals surface area (Å²) >= 11 is 12.0. The summed E-state index contributed by atoms with van der Waals surface area (Å²) in [5.41, 5.74) is 0.533. The molecule has 1 aliphatic rings. The van der Waals surface area contributed by atoms with Crippen LogP contribution < -0.4 is 0 Å². The predicted molar refractivity (Wildman–Crippen MR) is 84.8 cm³/mol. The summed E-state index contributed by atoms with van der Waals surface area (Å²) in [5, 5.41) is 1.03. The van der Waals surface area contributed by atoms with Crippen molar-refractivity contribution >= 4 is 29.0 Å². The zero-order valence-electron chi connectivity index (χ0n) is 12.0. The number of nitrogens with zero attached hydrogens (tertiary/aromatic N) is 1. The van der Waals surface area contributed by atoms with Crippen molar-refractivity contribution in [2.45, 2.75) is 26.7 Å². The van der Waals surface area contributed by atoms with Gasteiger partial charge in [0.2, 0.25) is 0 Å². The topological polar surface area (TPSA) is 20.3 Å². The van der Waals surface area contributed by atoms with Gasteiger partial charge in [-0.05, 0) is 56.0 Å². The quantitative estimate of drug-likeness (QED) is 0.760. The van der Waals surface area contributed by atoms with E-state index in [2.05, 4.69) is 18.7 Å². The maximum atomic E-state index is 12.3. The first-order valence-corrected chi connectivity index (χ1v) is 7.93. The van der Waals surface area contributed by atoms with Gasteiger partial charge >= 0.3 is 0 Å². The van der Waals surface area contributed by atoms with Crippen LogP contribution in [0.4, 0.5) is 0 Å². The second-order valence-electron chi connectivity index (χ2n) is 5.90. The average molecular weight is 314 g/mol. The molecule has 1 saturated heterocycles. The average Bonchev–Trinajstić information content (AvgIpc) is 2.42. The van der Waals surface area contributed by atoms with Crippen LogP contribution in [0.2, 0.25) is 10.0 Å². The van der Waals surface area contributed by atoms with E-state index in [0.717, 1.165) is 24.9 Å². The van der Waals surface area contributed by atoms with Crippen LogP contribution in [-0.2, 0) is 0 Å². The lowest BCUT2D eigenvalue weighted by molar-refractivity contribution is 0.0880. The number of hydrogen-bond acceptors (Lipinski definition) is 2. The zero-order valence-corrected chi connectivity index (χ0v) is 13.5. The fourth-order valence-corrected chi connectivity index (χ4v) is 3.17. The molecule has 1 aromatic carbocycles. The van der Waals surface area contributed by atoms with E-state index in [1.165, 1.54) is 12.8 Å². The SMILES string of the molecule is CC(C)C1CCN(CC(=O)c2cc(Cl)ccc2Cl)CC1. The Morgan fingerprint density at radius 2 is 1.95 bits per heavy atom. The Balaban J connectivity index is 1.94. The largest absolute Gasteiger partial charge is 0.296 e. The normalized spacial score (nSPS) is 17.6. The van der Waals surface area contributed by atoms with Crippen LogP contribution in [0.1, 0.15) is 37.0 Å². The van der Waals surface area contributed by atoms with Crippen LogP contribution in [0.3, 0.4) is 0 Å². The van der Waals surface area contributed by atoms with Crippen molar-refractivity contribution in [1.82, 2.24) is 4.90 Å². The Kier molecular flexibility index (Phi) is 5.48. The molecule has 0 unspecified atom stereocenters. The molecule has 20 heavy (non-hydrogen) atoms. The van der Waals surface area contributed by atoms with E-state index in [9.17, 15) is 4.79 Å². The molecular weight excluding hydrogens is 293 g/mol. The first-order chi connectivity index (χ1) is 9.47. The van der Waals surface area contributed by atoms with Crippen molar-refractivity contribution in [3.8, 4) is 0 Å². The van der Waals surface area contributed by atoms with Crippen molar-refractivity contribution in [2.24, 2.45) is 11.8 Å². The third-order valence-corrected chi connectivity index (χ3v) is 4.74. The number of ketones is 1. The number of halogens is 2. The second-order valence-corrected chi connectivity index (χ2v) is 6.75. The fourth-order valence-electron chi connectivity index (χ4n) is 2.78. The molecule has 2 nitrogen and oxygen atoms in total. The van der Waals surface area contributed by atoms with Gasteiger partial charge < -0.3 is 0 Å². The number of benzene rings is 1. The van der Waals surface area contributed by atoms with Crippen molar-refractivity contribution in [1.29, 1.82) is 0 Å². The highest BCUT2D eigenvalue weighted by molar-refractivity contribution is 6.36. The van der Waals surface area contributed by atoms with Gasteiger partial charge in [0.05, 0.1) is 11.6 Å². The van der Waals surface area contributed by atoms with Crippen LogP contribution in [0, 0.1) is 11.8 Å². The maximum Gasteiger partial charge on any atom is 0.178 e. The van der Waals surface area contributed by atoms with Crippen LogP contribution in [-0.4, -0.2) is 30.3 Å². The monoisotopic (exact) mass is 313 g/mol. The number of piperidine rings is 1. The number of Topliss-reactive ketones (excluding diaryl/α,β-unsaturated/α-hetero) is 1. The Labute approximate surface area is 131 Å². The molecule has 0 aliphatic carbocycles. The second kappa shape index (κ2) is 6.93. The number of carbonyl (C=O) groups excluding carboxylic acids is 1. The molecule has 2 rings (SSSR count).